The van der Waals surface area contributed by atoms with Crippen LogP contribution in [-0.2, 0) is 16.0 Å². The van der Waals surface area contributed by atoms with Gasteiger partial charge in [-0.2, -0.15) is 0 Å². The molecule has 1 aromatic carbocycles. The Bertz CT molecular complexity index is 774. The zero-order valence-electron chi connectivity index (χ0n) is 13.4. The summed E-state index contributed by atoms with van der Waals surface area (Å²) in [4.78, 5) is 28.2. The van der Waals surface area contributed by atoms with E-state index in [1.165, 1.54) is 24.0 Å². The first-order valence-corrected chi connectivity index (χ1v) is 7.94. The number of carbonyl (C=O) groups excluding carboxylic acids is 2. The minimum atomic E-state index is -0.659. The number of fused-ring (bicyclic) bond motifs is 1. The number of hydrogen-bond acceptors (Lipinski definition) is 3. The van der Waals surface area contributed by atoms with E-state index >= 15 is 0 Å². The van der Waals surface area contributed by atoms with Crippen molar-refractivity contribution in [1.29, 1.82) is 0 Å². The molecule has 0 bridgehead atoms. The maximum atomic E-state index is 13.2. The maximum Gasteiger partial charge on any atom is 0.242 e. The molecular weight excluding hydrogens is 313 g/mol. The van der Waals surface area contributed by atoms with E-state index in [-0.39, 0.29) is 30.6 Å². The third-order valence-electron chi connectivity index (χ3n) is 4.41. The Morgan fingerprint density at radius 2 is 2.25 bits per heavy atom. The van der Waals surface area contributed by atoms with Crippen LogP contribution in [-0.4, -0.2) is 52.0 Å². The Labute approximate surface area is 138 Å². The molecule has 0 spiro atoms. The molecule has 128 valence electrons. The first kappa shape index (κ1) is 16.4. The second-order valence-corrected chi connectivity index (χ2v) is 6.12. The summed E-state index contributed by atoms with van der Waals surface area (Å²) in [6.45, 7) is 1.99. The van der Waals surface area contributed by atoms with Gasteiger partial charge in [0.1, 0.15) is 11.9 Å². The largest absolute Gasteiger partial charge is 0.391 e. The zero-order chi connectivity index (χ0) is 17.3. The van der Waals surface area contributed by atoms with Crippen molar-refractivity contribution in [3.63, 3.8) is 0 Å². The summed E-state index contributed by atoms with van der Waals surface area (Å²) in [7, 11) is 0. The van der Waals surface area contributed by atoms with Gasteiger partial charge in [-0.1, -0.05) is 0 Å². The molecule has 0 radical (unpaired) electrons. The predicted octanol–water partition coefficient (Wildman–Crippen LogP) is 0.947. The molecule has 1 saturated heterocycles. The lowest BCUT2D eigenvalue weighted by molar-refractivity contribution is -0.136. The van der Waals surface area contributed by atoms with Crippen molar-refractivity contribution in [2.24, 2.45) is 0 Å². The van der Waals surface area contributed by atoms with Crippen LogP contribution in [0.15, 0.2) is 24.4 Å². The van der Waals surface area contributed by atoms with E-state index in [0.29, 0.717) is 13.0 Å². The zero-order valence-corrected chi connectivity index (χ0v) is 13.4. The standard InChI is InChI=1S/C17H20FN3O3/c1-10(22)21-9-13(23)7-16(21)17(24)19-5-4-11-8-20-15-6-12(18)2-3-14(11)15/h2-3,6,8,13,16,20,23H,4-5,7,9H2,1H3,(H,19,24)/t13-,16-/m1/s1. The molecule has 24 heavy (non-hydrogen) atoms. The molecule has 2 aromatic rings. The van der Waals surface area contributed by atoms with E-state index in [4.69, 9.17) is 0 Å². The van der Waals surface area contributed by atoms with E-state index in [2.05, 4.69) is 10.3 Å². The molecule has 0 aliphatic carbocycles. The number of amides is 2. The second-order valence-electron chi connectivity index (χ2n) is 6.12. The fourth-order valence-corrected chi connectivity index (χ4v) is 3.21. The van der Waals surface area contributed by atoms with Crippen molar-refractivity contribution in [1.82, 2.24) is 15.2 Å². The minimum absolute atomic E-state index is 0.196. The quantitative estimate of drug-likeness (QED) is 0.779. The Balaban J connectivity index is 1.59. The molecule has 1 fully saturated rings. The number of H-pyrrole nitrogens is 1. The van der Waals surface area contributed by atoms with Crippen LogP contribution in [0.1, 0.15) is 18.9 Å². The molecular formula is C17H20FN3O3. The van der Waals surface area contributed by atoms with Gasteiger partial charge in [-0.15, -0.1) is 0 Å². The van der Waals surface area contributed by atoms with E-state index in [0.717, 1.165) is 16.5 Å². The highest BCUT2D eigenvalue weighted by atomic mass is 19.1. The molecule has 0 saturated carbocycles. The summed E-state index contributed by atoms with van der Waals surface area (Å²) in [6.07, 6.45) is 2.00. The third-order valence-corrected chi connectivity index (χ3v) is 4.41. The van der Waals surface area contributed by atoms with Crippen molar-refractivity contribution in [3.8, 4) is 0 Å². The molecule has 0 unspecified atom stereocenters. The number of β-amino-alcohol motifs (C(OH)–C–C–N with tert-alkyl or cyclic N) is 1. The highest BCUT2D eigenvalue weighted by Gasteiger charge is 2.37. The Morgan fingerprint density at radius 1 is 1.46 bits per heavy atom. The summed E-state index contributed by atoms with van der Waals surface area (Å²) in [5.41, 5.74) is 1.71. The summed E-state index contributed by atoms with van der Waals surface area (Å²) in [6, 6.07) is 3.93. The maximum absolute atomic E-state index is 13.2. The Morgan fingerprint density at radius 3 is 3.00 bits per heavy atom. The van der Waals surface area contributed by atoms with Crippen LogP contribution in [0, 0.1) is 5.82 Å². The van der Waals surface area contributed by atoms with Gasteiger partial charge in [0.25, 0.3) is 0 Å². The number of likely N-dealkylation sites (tertiary alicyclic amines) is 1. The lowest BCUT2D eigenvalue weighted by Crippen LogP contribution is -2.45. The van der Waals surface area contributed by atoms with Gasteiger partial charge in [0, 0.05) is 43.5 Å². The molecule has 2 amide bonds. The third kappa shape index (κ3) is 3.26. The number of rotatable bonds is 4. The van der Waals surface area contributed by atoms with Crippen LogP contribution >= 0.6 is 0 Å². The van der Waals surface area contributed by atoms with Gasteiger partial charge in [0.2, 0.25) is 11.8 Å². The number of nitrogens with zero attached hydrogens (tertiary/aromatic N) is 1. The lowest BCUT2D eigenvalue weighted by atomic mass is 10.1. The summed E-state index contributed by atoms with van der Waals surface area (Å²) < 4.78 is 13.2. The number of aliphatic hydroxyl groups excluding tert-OH is 1. The number of aliphatic hydroxyl groups is 1. The topological polar surface area (TPSA) is 85.4 Å². The van der Waals surface area contributed by atoms with Crippen molar-refractivity contribution in [3.05, 3.63) is 35.8 Å². The van der Waals surface area contributed by atoms with E-state index < -0.39 is 12.1 Å². The number of aromatic nitrogens is 1. The van der Waals surface area contributed by atoms with Crippen LogP contribution in [0.5, 0.6) is 0 Å². The van der Waals surface area contributed by atoms with E-state index in [1.807, 2.05) is 0 Å². The van der Waals surface area contributed by atoms with Gasteiger partial charge in [0.05, 0.1) is 6.10 Å². The van der Waals surface area contributed by atoms with Crippen LogP contribution in [0.4, 0.5) is 4.39 Å². The van der Waals surface area contributed by atoms with Crippen molar-refractivity contribution in [2.45, 2.75) is 31.9 Å². The van der Waals surface area contributed by atoms with Crippen LogP contribution in [0.2, 0.25) is 0 Å². The monoisotopic (exact) mass is 333 g/mol. The Kier molecular flexibility index (Phi) is 4.53. The second kappa shape index (κ2) is 6.60. The average molecular weight is 333 g/mol. The van der Waals surface area contributed by atoms with Crippen molar-refractivity contribution >= 4 is 22.7 Å². The lowest BCUT2D eigenvalue weighted by Gasteiger charge is -2.21. The van der Waals surface area contributed by atoms with Crippen LogP contribution in [0.3, 0.4) is 0 Å². The minimum Gasteiger partial charge on any atom is -0.391 e. The van der Waals surface area contributed by atoms with Crippen molar-refractivity contribution < 1.29 is 19.1 Å². The summed E-state index contributed by atoms with van der Waals surface area (Å²) in [5.74, 6) is -0.772. The molecule has 1 aromatic heterocycles. The Hall–Kier alpha value is -2.41. The molecule has 3 N–H and O–H groups in total. The molecule has 7 heteroatoms. The average Bonchev–Trinajstić information content (AvgIpc) is 3.10. The molecule has 2 atom stereocenters. The fraction of sp³-hybridized carbons (Fsp3) is 0.412. The fourth-order valence-electron chi connectivity index (χ4n) is 3.21. The number of nitrogens with one attached hydrogen (secondary N) is 2. The van der Waals surface area contributed by atoms with Gasteiger partial charge in [0.15, 0.2) is 0 Å². The van der Waals surface area contributed by atoms with Gasteiger partial charge in [-0.05, 0) is 30.2 Å². The SMILES string of the molecule is CC(=O)N1C[C@H](O)C[C@@H]1C(=O)NCCc1c[nH]c2cc(F)ccc12. The van der Waals surface area contributed by atoms with Crippen LogP contribution in [0.25, 0.3) is 10.9 Å². The highest BCUT2D eigenvalue weighted by Crippen LogP contribution is 2.20. The number of aromatic amines is 1. The summed E-state index contributed by atoms with van der Waals surface area (Å²) >= 11 is 0. The predicted molar refractivity (Wildman–Crippen MR) is 86.8 cm³/mol. The van der Waals surface area contributed by atoms with Gasteiger partial charge < -0.3 is 20.3 Å². The number of carbonyl (C=O) groups is 2. The van der Waals surface area contributed by atoms with Crippen molar-refractivity contribution in [2.75, 3.05) is 13.1 Å². The van der Waals surface area contributed by atoms with E-state index in [1.54, 1.807) is 12.3 Å². The van der Waals surface area contributed by atoms with Gasteiger partial charge >= 0.3 is 0 Å². The molecule has 2 heterocycles. The molecule has 1 aliphatic rings. The summed E-state index contributed by atoms with van der Waals surface area (Å²) in [5, 5.41) is 13.4. The molecule has 3 rings (SSSR count). The first-order valence-electron chi connectivity index (χ1n) is 7.94. The van der Waals surface area contributed by atoms with Gasteiger partial charge in [-0.3, -0.25) is 9.59 Å². The number of hydrogen-bond donors (Lipinski definition) is 3. The normalized spacial score (nSPS) is 20.5. The number of benzene rings is 1. The number of halogens is 1. The van der Waals surface area contributed by atoms with Crippen LogP contribution < -0.4 is 5.32 Å². The van der Waals surface area contributed by atoms with E-state index in [9.17, 15) is 19.1 Å². The smallest absolute Gasteiger partial charge is 0.242 e. The highest BCUT2D eigenvalue weighted by molar-refractivity contribution is 5.88. The molecule has 6 nitrogen and oxygen atoms in total. The first-order chi connectivity index (χ1) is 11.5. The van der Waals surface area contributed by atoms with Gasteiger partial charge in [-0.25, -0.2) is 4.39 Å². The molecule has 1 aliphatic heterocycles.